The van der Waals surface area contributed by atoms with Gasteiger partial charge in [-0.25, -0.2) is 0 Å². The van der Waals surface area contributed by atoms with Crippen molar-refractivity contribution in [3.05, 3.63) is 18.0 Å². The maximum Gasteiger partial charge on any atom is 0.498 e. The van der Waals surface area contributed by atoms with Crippen LogP contribution < -0.4 is 15.5 Å². The van der Waals surface area contributed by atoms with E-state index < -0.39 is 18.3 Å². The van der Waals surface area contributed by atoms with E-state index in [1.54, 1.807) is 26.4 Å². The zero-order valence-electron chi connectivity index (χ0n) is 14.0. The maximum absolute atomic E-state index is 11.5. The predicted octanol–water partition coefficient (Wildman–Crippen LogP) is 0.678. The monoisotopic (exact) mass is 306 g/mol. The van der Waals surface area contributed by atoms with Crippen LogP contribution >= 0.6 is 0 Å². The number of hydrogen-bond donors (Lipinski definition) is 1. The first kappa shape index (κ1) is 16.8. The molecular formula is C15H23BN2O4. The predicted molar refractivity (Wildman–Crippen MR) is 84.3 cm³/mol. The van der Waals surface area contributed by atoms with Gasteiger partial charge in [-0.2, -0.15) is 0 Å². The molecule has 1 aliphatic rings. The van der Waals surface area contributed by atoms with E-state index in [0.717, 1.165) is 5.46 Å². The third kappa shape index (κ3) is 3.10. The second kappa shape index (κ2) is 5.89. The SMILES string of the molecule is CNC(=O)Cc1cc(B2OC(C)(C)C(C)(C)O2)c(OC)cn1. The van der Waals surface area contributed by atoms with Gasteiger partial charge in [0.1, 0.15) is 5.75 Å². The van der Waals surface area contributed by atoms with E-state index in [2.05, 4.69) is 10.3 Å². The molecule has 6 nitrogen and oxygen atoms in total. The van der Waals surface area contributed by atoms with Gasteiger partial charge in [0.25, 0.3) is 0 Å². The Morgan fingerprint density at radius 1 is 1.32 bits per heavy atom. The van der Waals surface area contributed by atoms with Crippen LogP contribution in [-0.4, -0.2) is 43.4 Å². The zero-order valence-corrected chi connectivity index (χ0v) is 14.0. The molecular weight excluding hydrogens is 283 g/mol. The number of amides is 1. The fraction of sp³-hybridized carbons (Fsp3) is 0.600. The van der Waals surface area contributed by atoms with Crippen molar-refractivity contribution in [2.75, 3.05) is 14.2 Å². The third-order valence-electron chi connectivity index (χ3n) is 4.30. The van der Waals surface area contributed by atoms with E-state index in [-0.39, 0.29) is 12.3 Å². The maximum atomic E-state index is 11.5. The Morgan fingerprint density at radius 3 is 2.41 bits per heavy atom. The first-order chi connectivity index (χ1) is 10.2. The molecule has 0 saturated carbocycles. The van der Waals surface area contributed by atoms with Gasteiger partial charge >= 0.3 is 7.12 Å². The molecule has 1 N–H and O–H groups in total. The Bertz CT molecular complexity index is 559. The molecule has 120 valence electrons. The van der Waals surface area contributed by atoms with Crippen molar-refractivity contribution in [3.8, 4) is 5.75 Å². The van der Waals surface area contributed by atoms with Gasteiger partial charge in [0.2, 0.25) is 5.91 Å². The molecule has 7 heteroatoms. The molecule has 2 heterocycles. The van der Waals surface area contributed by atoms with Crippen LogP contribution in [0.5, 0.6) is 5.75 Å². The van der Waals surface area contributed by atoms with Crippen LogP contribution in [0.1, 0.15) is 33.4 Å². The highest BCUT2D eigenvalue weighted by molar-refractivity contribution is 6.63. The molecule has 22 heavy (non-hydrogen) atoms. The largest absolute Gasteiger partial charge is 0.498 e. The van der Waals surface area contributed by atoms with E-state index >= 15 is 0 Å². The van der Waals surface area contributed by atoms with Crippen LogP contribution in [0.3, 0.4) is 0 Å². The van der Waals surface area contributed by atoms with Crippen molar-refractivity contribution in [2.45, 2.75) is 45.3 Å². The van der Waals surface area contributed by atoms with Gasteiger partial charge < -0.3 is 19.4 Å². The van der Waals surface area contributed by atoms with Crippen molar-refractivity contribution in [1.82, 2.24) is 10.3 Å². The Balaban J connectivity index is 2.33. The highest BCUT2D eigenvalue weighted by Crippen LogP contribution is 2.37. The lowest BCUT2D eigenvalue weighted by atomic mass is 9.78. The summed E-state index contributed by atoms with van der Waals surface area (Å²) in [6.45, 7) is 7.97. The van der Waals surface area contributed by atoms with Gasteiger partial charge in [-0.15, -0.1) is 0 Å². The number of methoxy groups -OCH3 is 1. The minimum absolute atomic E-state index is 0.0995. The average molecular weight is 306 g/mol. The number of nitrogens with one attached hydrogen (secondary N) is 1. The van der Waals surface area contributed by atoms with E-state index in [0.29, 0.717) is 11.4 Å². The molecule has 0 spiro atoms. The van der Waals surface area contributed by atoms with Gasteiger partial charge in [-0.1, -0.05) is 0 Å². The minimum Gasteiger partial charge on any atom is -0.496 e. The highest BCUT2D eigenvalue weighted by Gasteiger charge is 2.52. The van der Waals surface area contributed by atoms with Gasteiger partial charge in [0.05, 0.1) is 30.9 Å². The van der Waals surface area contributed by atoms with Gasteiger partial charge in [-0.3, -0.25) is 9.78 Å². The summed E-state index contributed by atoms with van der Waals surface area (Å²) in [6.07, 6.45) is 1.80. The second-order valence-electron chi connectivity index (χ2n) is 6.36. The summed E-state index contributed by atoms with van der Waals surface area (Å²) in [4.78, 5) is 15.8. The molecule has 0 aliphatic carbocycles. The number of likely N-dealkylation sites (N-methyl/N-ethyl adjacent to an activating group) is 1. The number of carbonyl (C=O) groups excluding carboxylic acids is 1. The quantitative estimate of drug-likeness (QED) is 0.828. The molecule has 1 aromatic rings. The highest BCUT2D eigenvalue weighted by atomic mass is 16.7. The van der Waals surface area contributed by atoms with Crippen molar-refractivity contribution >= 4 is 18.5 Å². The lowest BCUT2D eigenvalue weighted by Crippen LogP contribution is -2.41. The number of aromatic nitrogens is 1. The van der Waals surface area contributed by atoms with Crippen molar-refractivity contribution < 1.29 is 18.8 Å². The number of hydrogen-bond acceptors (Lipinski definition) is 5. The molecule has 1 aromatic heterocycles. The molecule has 2 rings (SSSR count). The van der Waals surface area contributed by atoms with Crippen molar-refractivity contribution in [1.29, 1.82) is 0 Å². The molecule has 0 aromatic carbocycles. The topological polar surface area (TPSA) is 69.7 Å². The van der Waals surface area contributed by atoms with Crippen LogP contribution in [0.15, 0.2) is 12.3 Å². The van der Waals surface area contributed by atoms with Crippen LogP contribution in [0.25, 0.3) is 0 Å². The number of rotatable bonds is 4. The summed E-state index contributed by atoms with van der Waals surface area (Å²) in [6, 6.07) is 1.80. The number of pyridine rings is 1. The number of nitrogens with zero attached hydrogens (tertiary/aromatic N) is 1. The molecule has 0 unspecified atom stereocenters. The fourth-order valence-electron chi connectivity index (χ4n) is 2.18. The summed E-state index contributed by atoms with van der Waals surface area (Å²) in [5, 5.41) is 2.58. The van der Waals surface area contributed by atoms with E-state index in [1.807, 2.05) is 27.7 Å². The van der Waals surface area contributed by atoms with Crippen LogP contribution in [0.4, 0.5) is 0 Å². The standard InChI is InChI=1S/C15H23BN2O4/c1-14(2)15(3,4)22-16(21-14)11-7-10(8-13(19)17-5)18-9-12(11)20-6/h7,9H,8H2,1-6H3,(H,17,19). The summed E-state index contributed by atoms with van der Waals surface area (Å²) in [5.74, 6) is 0.483. The van der Waals surface area contributed by atoms with Crippen LogP contribution in [0, 0.1) is 0 Å². The minimum atomic E-state index is -0.550. The lowest BCUT2D eigenvalue weighted by Gasteiger charge is -2.32. The van der Waals surface area contributed by atoms with E-state index in [9.17, 15) is 4.79 Å². The summed E-state index contributed by atoms with van der Waals surface area (Å²) in [7, 11) is 2.62. The number of ether oxygens (including phenoxy) is 1. The molecule has 1 aliphatic heterocycles. The first-order valence-electron chi connectivity index (χ1n) is 7.29. The average Bonchev–Trinajstić information content (AvgIpc) is 2.67. The Kier molecular flexibility index (Phi) is 4.49. The molecule has 0 atom stereocenters. The summed E-state index contributed by atoms with van der Waals surface area (Å²) in [5.41, 5.74) is 0.514. The van der Waals surface area contributed by atoms with Crippen molar-refractivity contribution in [3.63, 3.8) is 0 Å². The number of carbonyl (C=O) groups is 1. The van der Waals surface area contributed by atoms with Gasteiger partial charge in [0, 0.05) is 18.2 Å². The second-order valence-corrected chi connectivity index (χ2v) is 6.36. The van der Waals surface area contributed by atoms with E-state index in [1.165, 1.54) is 0 Å². The summed E-state index contributed by atoms with van der Waals surface area (Å²) >= 11 is 0. The van der Waals surface area contributed by atoms with Gasteiger partial charge in [0.15, 0.2) is 0 Å². The first-order valence-corrected chi connectivity index (χ1v) is 7.29. The molecule has 1 saturated heterocycles. The fourth-order valence-corrected chi connectivity index (χ4v) is 2.18. The normalized spacial score (nSPS) is 19.1. The Hall–Kier alpha value is -1.60. The van der Waals surface area contributed by atoms with Crippen LogP contribution in [0.2, 0.25) is 0 Å². The Morgan fingerprint density at radius 2 is 1.91 bits per heavy atom. The van der Waals surface area contributed by atoms with Crippen LogP contribution in [-0.2, 0) is 20.5 Å². The smallest absolute Gasteiger partial charge is 0.496 e. The van der Waals surface area contributed by atoms with Crippen molar-refractivity contribution in [2.24, 2.45) is 0 Å². The molecule has 0 radical (unpaired) electrons. The Labute approximate surface area is 131 Å². The van der Waals surface area contributed by atoms with E-state index in [4.69, 9.17) is 14.0 Å². The third-order valence-corrected chi connectivity index (χ3v) is 4.30. The molecule has 0 bridgehead atoms. The van der Waals surface area contributed by atoms with Gasteiger partial charge in [-0.05, 0) is 33.8 Å². The summed E-state index contributed by atoms with van der Waals surface area (Å²) < 4.78 is 17.5. The lowest BCUT2D eigenvalue weighted by molar-refractivity contribution is -0.120. The molecule has 1 amide bonds. The zero-order chi connectivity index (χ0) is 16.5. The molecule has 1 fully saturated rings.